The number of rotatable bonds is 6. The first-order valence-corrected chi connectivity index (χ1v) is 7.93. The molecule has 1 aromatic rings. The highest BCUT2D eigenvalue weighted by Gasteiger charge is 2.42. The van der Waals surface area contributed by atoms with Gasteiger partial charge in [-0.05, 0) is 37.2 Å². The van der Waals surface area contributed by atoms with Gasteiger partial charge >= 0.3 is 6.03 Å². The summed E-state index contributed by atoms with van der Waals surface area (Å²) in [5.74, 6) is 0.547. The van der Waals surface area contributed by atoms with E-state index in [1.54, 1.807) is 0 Å². The van der Waals surface area contributed by atoms with E-state index >= 15 is 0 Å². The second kappa shape index (κ2) is 6.06. The summed E-state index contributed by atoms with van der Waals surface area (Å²) >= 11 is 0. The highest BCUT2D eigenvalue weighted by molar-refractivity contribution is 5.74. The van der Waals surface area contributed by atoms with Gasteiger partial charge in [-0.25, -0.2) is 4.79 Å². The zero-order chi connectivity index (χ0) is 14.7. The Morgan fingerprint density at radius 3 is 2.52 bits per heavy atom. The van der Waals surface area contributed by atoms with Crippen LogP contribution in [0.4, 0.5) is 4.79 Å². The van der Waals surface area contributed by atoms with Gasteiger partial charge in [-0.2, -0.15) is 0 Å². The lowest BCUT2D eigenvalue weighted by molar-refractivity contribution is 0.193. The van der Waals surface area contributed by atoms with Crippen molar-refractivity contribution < 1.29 is 9.90 Å². The minimum absolute atomic E-state index is 0.0456. The molecule has 2 amide bonds. The molecule has 0 spiro atoms. The van der Waals surface area contributed by atoms with Gasteiger partial charge in [0, 0.05) is 12.0 Å². The molecule has 3 rings (SSSR count). The van der Waals surface area contributed by atoms with Crippen LogP contribution in [0.15, 0.2) is 30.3 Å². The molecule has 0 aliphatic heterocycles. The average Bonchev–Trinajstić information content (AvgIpc) is 3.24. The van der Waals surface area contributed by atoms with Crippen molar-refractivity contribution >= 4 is 6.03 Å². The lowest BCUT2D eigenvalue weighted by atomic mass is 9.77. The molecule has 2 aliphatic carbocycles. The zero-order valence-corrected chi connectivity index (χ0v) is 12.3. The molecule has 1 atom stereocenters. The van der Waals surface area contributed by atoms with Crippen molar-refractivity contribution in [2.75, 3.05) is 13.2 Å². The lowest BCUT2D eigenvalue weighted by Crippen LogP contribution is -2.44. The third-order valence-electron chi connectivity index (χ3n) is 4.98. The van der Waals surface area contributed by atoms with E-state index in [-0.39, 0.29) is 24.1 Å². The smallest absolute Gasteiger partial charge is 0.315 e. The number of hydrogen-bond acceptors (Lipinski definition) is 2. The first-order valence-electron chi connectivity index (χ1n) is 7.93. The van der Waals surface area contributed by atoms with Gasteiger partial charge in [0.2, 0.25) is 0 Å². The summed E-state index contributed by atoms with van der Waals surface area (Å²) in [6.07, 6.45) is 5.63. The van der Waals surface area contributed by atoms with Gasteiger partial charge in [-0.15, -0.1) is 0 Å². The minimum Gasteiger partial charge on any atom is -0.396 e. The van der Waals surface area contributed by atoms with E-state index in [9.17, 15) is 9.90 Å². The summed E-state index contributed by atoms with van der Waals surface area (Å²) in [5, 5.41) is 15.4. The van der Waals surface area contributed by atoms with Crippen LogP contribution >= 0.6 is 0 Å². The standard InChI is InChI=1S/C17H24N2O2/c20-12-17(9-10-17)11-18-16(21)19-15(14-7-4-8-14)13-5-2-1-3-6-13/h1-3,5-6,14-15,20H,4,7-12H2,(H2,18,19,21). The Labute approximate surface area is 125 Å². The SMILES string of the molecule is O=C(NCC1(CO)CC1)NC(c1ccccc1)C1CCC1. The van der Waals surface area contributed by atoms with Gasteiger partial charge in [0.15, 0.2) is 0 Å². The molecule has 1 aromatic carbocycles. The molecule has 1 unspecified atom stereocenters. The van der Waals surface area contributed by atoms with Crippen LogP contribution in [0.25, 0.3) is 0 Å². The zero-order valence-electron chi connectivity index (χ0n) is 12.3. The molecule has 4 nitrogen and oxygen atoms in total. The van der Waals surface area contributed by atoms with Gasteiger partial charge < -0.3 is 15.7 Å². The fraction of sp³-hybridized carbons (Fsp3) is 0.588. The number of nitrogens with one attached hydrogen (secondary N) is 2. The summed E-state index contributed by atoms with van der Waals surface area (Å²) in [7, 11) is 0. The van der Waals surface area contributed by atoms with Crippen LogP contribution in [-0.2, 0) is 0 Å². The Balaban J connectivity index is 1.58. The number of urea groups is 1. The van der Waals surface area contributed by atoms with Crippen LogP contribution < -0.4 is 10.6 Å². The molecule has 0 saturated heterocycles. The molecule has 0 radical (unpaired) electrons. The Morgan fingerprint density at radius 2 is 2.00 bits per heavy atom. The summed E-state index contributed by atoms with van der Waals surface area (Å²) in [6.45, 7) is 0.736. The quantitative estimate of drug-likeness (QED) is 0.753. The number of carbonyl (C=O) groups excluding carboxylic acids is 1. The molecule has 3 N–H and O–H groups in total. The third-order valence-corrected chi connectivity index (χ3v) is 4.98. The van der Waals surface area contributed by atoms with E-state index in [0.717, 1.165) is 12.8 Å². The normalized spacial score (nSPS) is 21.2. The predicted octanol–water partition coefficient (Wildman–Crippen LogP) is 2.60. The van der Waals surface area contributed by atoms with Crippen LogP contribution in [0, 0.1) is 11.3 Å². The second-order valence-corrected chi connectivity index (χ2v) is 6.56. The predicted molar refractivity (Wildman–Crippen MR) is 81.8 cm³/mol. The summed E-state index contributed by atoms with van der Waals surface area (Å²) < 4.78 is 0. The molecule has 0 bridgehead atoms. The molecule has 0 aromatic heterocycles. The van der Waals surface area contributed by atoms with E-state index in [1.807, 2.05) is 18.2 Å². The molecule has 2 fully saturated rings. The molecule has 21 heavy (non-hydrogen) atoms. The number of aliphatic hydroxyl groups is 1. The van der Waals surface area contributed by atoms with E-state index in [2.05, 4.69) is 22.8 Å². The van der Waals surface area contributed by atoms with Crippen molar-refractivity contribution in [3.8, 4) is 0 Å². The topological polar surface area (TPSA) is 61.4 Å². The van der Waals surface area contributed by atoms with Gasteiger partial charge in [-0.3, -0.25) is 0 Å². The molecule has 4 heteroatoms. The van der Waals surface area contributed by atoms with Gasteiger partial charge in [0.05, 0.1) is 12.6 Å². The average molecular weight is 288 g/mol. The van der Waals surface area contributed by atoms with E-state index in [0.29, 0.717) is 12.5 Å². The highest BCUT2D eigenvalue weighted by atomic mass is 16.3. The summed E-state index contributed by atoms with van der Waals surface area (Å²) in [4.78, 5) is 12.2. The number of aliphatic hydroxyl groups excluding tert-OH is 1. The second-order valence-electron chi connectivity index (χ2n) is 6.56. The summed E-state index contributed by atoms with van der Waals surface area (Å²) in [5.41, 5.74) is 1.14. The lowest BCUT2D eigenvalue weighted by Gasteiger charge is -2.34. The fourth-order valence-corrected chi connectivity index (χ4v) is 2.93. The van der Waals surface area contributed by atoms with Crippen LogP contribution in [0.3, 0.4) is 0 Å². The molecule has 2 aliphatic rings. The van der Waals surface area contributed by atoms with E-state index in [1.165, 1.54) is 24.8 Å². The Morgan fingerprint density at radius 1 is 1.29 bits per heavy atom. The van der Waals surface area contributed by atoms with Crippen LogP contribution in [0.5, 0.6) is 0 Å². The van der Waals surface area contributed by atoms with Crippen molar-refractivity contribution in [2.24, 2.45) is 11.3 Å². The van der Waals surface area contributed by atoms with E-state index < -0.39 is 0 Å². The van der Waals surface area contributed by atoms with Crippen molar-refractivity contribution in [1.29, 1.82) is 0 Å². The fourth-order valence-electron chi connectivity index (χ4n) is 2.93. The van der Waals surface area contributed by atoms with Crippen LogP contribution in [0.1, 0.15) is 43.7 Å². The molecular weight excluding hydrogens is 264 g/mol. The maximum Gasteiger partial charge on any atom is 0.315 e. The first kappa shape index (κ1) is 14.4. The number of amides is 2. The van der Waals surface area contributed by atoms with E-state index in [4.69, 9.17) is 0 Å². The first-order chi connectivity index (χ1) is 10.2. The molecular formula is C17H24N2O2. The molecule has 2 saturated carbocycles. The largest absolute Gasteiger partial charge is 0.396 e. The summed E-state index contributed by atoms with van der Waals surface area (Å²) in [6, 6.07) is 10.2. The van der Waals surface area contributed by atoms with Gasteiger partial charge in [0.1, 0.15) is 0 Å². The Kier molecular flexibility index (Phi) is 4.15. The van der Waals surface area contributed by atoms with Crippen molar-refractivity contribution in [1.82, 2.24) is 10.6 Å². The Bertz CT molecular complexity index is 481. The van der Waals surface area contributed by atoms with Crippen LogP contribution in [-0.4, -0.2) is 24.3 Å². The Hall–Kier alpha value is -1.55. The number of carbonyl (C=O) groups is 1. The van der Waals surface area contributed by atoms with Crippen molar-refractivity contribution in [3.05, 3.63) is 35.9 Å². The maximum absolute atomic E-state index is 12.2. The van der Waals surface area contributed by atoms with Gasteiger partial charge in [0.25, 0.3) is 0 Å². The van der Waals surface area contributed by atoms with Crippen LogP contribution in [0.2, 0.25) is 0 Å². The number of benzene rings is 1. The minimum atomic E-state index is -0.115. The third kappa shape index (κ3) is 3.38. The number of hydrogen-bond donors (Lipinski definition) is 3. The van der Waals surface area contributed by atoms with Crippen molar-refractivity contribution in [2.45, 2.75) is 38.1 Å². The molecule has 114 valence electrons. The molecule has 0 heterocycles. The van der Waals surface area contributed by atoms with Gasteiger partial charge in [-0.1, -0.05) is 36.8 Å². The maximum atomic E-state index is 12.2. The highest BCUT2D eigenvalue weighted by Crippen LogP contribution is 2.44. The van der Waals surface area contributed by atoms with Crippen molar-refractivity contribution in [3.63, 3.8) is 0 Å². The monoisotopic (exact) mass is 288 g/mol.